The van der Waals surface area contributed by atoms with E-state index in [0.717, 1.165) is 16.8 Å². The molecule has 0 spiro atoms. The molecule has 0 unspecified atom stereocenters. The lowest BCUT2D eigenvalue weighted by molar-refractivity contribution is -0.176. The molecule has 0 aliphatic rings. The third-order valence-electron chi connectivity index (χ3n) is 4.30. The first-order valence-corrected chi connectivity index (χ1v) is 9.61. The minimum atomic E-state index is -4.32. The Bertz CT molecular complexity index is 977. The van der Waals surface area contributed by atoms with Gasteiger partial charge in [-0.05, 0) is 11.1 Å². The van der Waals surface area contributed by atoms with E-state index in [1.54, 1.807) is 19.2 Å². The van der Waals surface area contributed by atoms with E-state index in [1.807, 2.05) is 48.5 Å². The summed E-state index contributed by atoms with van der Waals surface area (Å²) in [6.07, 6.45) is -4.32. The number of benzene rings is 2. The van der Waals surface area contributed by atoms with E-state index in [9.17, 15) is 13.2 Å². The Morgan fingerprint density at radius 2 is 1.66 bits per heavy atom. The fraction of sp³-hybridized carbons (Fsp3) is 0.273. The first kappa shape index (κ1) is 25.7. The molecule has 0 atom stereocenters. The highest BCUT2D eigenvalue weighted by Gasteiger charge is 2.27. The van der Waals surface area contributed by atoms with Crippen molar-refractivity contribution in [2.75, 3.05) is 13.7 Å². The SMILES string of the molecule is CN=C(NCc1ccc(COCC(F)(F)F)cc1)NCc1cc(-c2ccccc2)on1.I. The van der Waals surface area contributed by atoms with Gasteiger partial charge in [-0.25, -0.2) is 0 Å². The Morgan fingerprint density at radius 3 is 2.31 bits per heavy atom. The van der Waals surface area contributed by atoms with Gasteiger partial charge in [-0.15, -0.1) is 24.0 Å². The molecule has 0 saturated carbocycles. The zero-order valence-corrected chi connectivity index (χ0v) is 19.7. The van der Waals surface area contributed by atoms with Crippen LogP contribution in [-0.4, -0.2) is 30.9 Å². The Morgan fingerprint density at radius 1 is 1.00 bits per heavy atom. The summed E-state index contributed by atoms with van der Waals surface area (Å²) in [5, 5.41) is 10.4. The van der Waals surface area contributed by atoms with Gasteiger partial charge in [0.1, 0.15) is 12.3 Å². The lowest BCUT2D eigenvalue weighted by Gasteiger charge is -2.11. The quantitative estimate of drug-likeness (QED) is 0.233. The molecule has 2 N–H and O–H groups in total. The standard InChI is InChI=1S/C22H23F3N4O2.HI/c1-26-21(28-13-19-11-20(31-29-19)18-5-3-2-4-6-18)27-12-16-7-9-17(10-8-16)14-30-15-22(23,24)25;/h2-11H,12-15H2,1H3,(H2,26,27,28);1H. The van der Waals surface area contributed by atoms with E-state index in [2.05, 4.69) is 25.5 Å². The lowest BCUT2D eigenvalue weighted by atomic mass is 10.1. The molecule has 3 rings (SSSR count). The molecular formula is C22H24F3IN4O2. The summed E-state index contributed by atoms with van der Waals surface area (Å²) < 4.78 is 46.4. The number of aliphatic imine (C=N–C) groups is 1. The van der Waals surface area contributed by atoms with Crippen molar-refractivity contribution in [3.05, 3.63) is 77.5 Å². The van der Waals surface area contributed by atoms with Gasteiger partial charge in [-0.1, -0.05) is 59.8 Å². The molecule has 172 valence electrons. The second kappa shape index (κ2) is 12.4. The van der Waals surface area contributed by atoms with Crippen molar-refractivity contribution >= 4 is 29.9 Å². The third kappa shape index (κ3) is 8.50. The highest BCUT2D eigenvalue weighted by atomic mass is 127. The average molecular weight is 560 g/mol. The van der Waals surface area contributed by atoms with Crippen LogP contribution >= 0.6 is 24.0 Å². The molecule has 10 heteroatoms. The van der Waals surface area contributed by atoms with Crippen molar-refractivity contribution in [1.29, 1.82) is 0 Å². The van der Waals surface area contributed by atoms with Crippen LogP contribution in [0.2, 0.25) is 0 Å². The van der Waals surface area contributed by atoms with E-state index < -0.39 is 12.8 Å². The first-order valence-electron chi connectivity index (χ1n) is 9.61. The maximum absolute atomic E-state index is 12.1. The second-order valence-corrected chi connectivity index (χ2v) is 6.75. The number of nitrogens with zero attached hydrogens (tertiary/aromatic N) is 2. The van der Waals surface area contributed by atoms with E-state index in [0.29, 0.717) is 30.4 Å². The fourth-order valence-corrected chi connectivity index (χ4v) is 2.75. The van der Waals surface area contributed by atoms with Crippen LogP contribution in [0.25, 0.3) is 11.3 Å². The Balaban J connectivity index is 0.00000363. The average Bonchev–Trinajstić information content (AvgIpc) is 3.24. The van der Waals surface area contributed by atoms with Crippen LogP contribution in [0.1, 0.15) is 16.8 Å². The molecule has 0 bridgehead atoms. The van der Waals surface area contributed by atoms with Crippen LogP contribution in [-0.2, 0) is 24.4 Å². The number of hydrogen-bond acceptors (Lipinski definition) is 4. The van der Waals surface area contributed by atoms with Crippen molar-refractivity contribution in [1.82, 2.24) is 15.8 Å². The summed E-state index contributed by atoms with van der Waals surface area (Å²) in [5.74, 6) is 1.28. The van der Waals surface area contributed by atoms with Crippen molar-refractivity contribution < 1.29 is 22.4 Å². The molecule has 1 aromatic heterocycles. The predicted molar refractivity (Wildman–Crippen MR) is 127 cm³/mol. The van der Waals surface area contributed by atoms with Crippen molar-refractivity contribution in [3.63, 3.8) is 0 Å². The van der Waals surface area contributed by atoms with Crippen molar-refractivity contribution in [3.8, 4) is 11.3 Å². The molecular weight excluding hydrogens is 536 g/mol. The number of nitrogens with one attached hydrogen (secondary N) is 2. The van der Waals surface area contributed by atoms with Gasteiger partial charge in [0, 0.05) is 25.2 Å². The molecule has 0 amide bonds. The van der Waals surface area contributed by atoms with Gasteiger partial charge in [0.15, 0.2) is 11.7 Å². The second-order valence-electron chi connectivity index (χ2n) is 6.75. The molecule has 0 saturated heterocycles. The molecule has 0 aliphatic carbocycles. The monoisotopic (exact) mass is 560 g/mol. The zero-order chi connectivity index (χ0) is 22.1. The summed E-state index contributed by atoms with van der Waals surface area (Å²) in [5.41, 5.74) is 3.33. The lowest BCUT2D eigenvalue weighted by Crippen LogP contribution is -2.36. The summed E-state index contributed by atoms with van der Waals surface area (Å²) in [6.45, 7) is -0.404. The fourth-order valence-electron chi connectivity index (χ4n) is 2.75. The number of hydrogen-bond donors (Lipinski definition) is 2. The number of rotatable bonds is 8. The van der Waals surface area contributed by atoms with Gasteiger partial charge in [0.2, 0.25) is 0 Å². The highest BCUT2D eigenvalue weighted by molar-refractivity contribution is 14.0. The van der Waals surface area contributed by atoms with Gasteiger partial charge in [0.05, 0.1) is 13.2 Å². The maximum atomic E-state index is 12.1. The van der Waals surface area contributed by atoms with Gasteiger partial charge < -0.3 is 19.9 Å². The van der Waals surface area contributed by atoms with Crippen molar-refractivity contribution in [2.24, 2.45) is 4.99 Å². The van der Waals surface area contributed by atoms with E-state index in [4.69, 9.17) is 4.52 Å². The smallest absolute Gasteiger partial charge is 0.367 e. The number of halogens is 4. The van der Waals surface area contributed by atoms with Crippen LogP contribution in [0, 0.1) is 0 Å². The Hall–Kier alpha value is -2.60. The largest absolute Gasteiger partial charge is 0.411 e. The zero-order valence-electron chi connectivity index (χ0n) is 17.4. The molecule has 3 aromatic rings. The van der Waals surface area contributed by atoms with Crippen LogP contribution in [0.3, 0.4) is 0 Å². The van der Waals surface area contributed by atoms with E-state index in [-0.39, 0.29) is 30.6 Å². The van der Waals surface area contributed by atoms with Crippen molar-refractivity contribution in [2.45, 2.75) is 25.9 Å². The number of ether oxygens (including phenoxy) is 1. The molecule has 6 nitrogen and oxygen atoms in total. The molecule has 0 radical (unpaired) electrons. The highest BCUT2D eigenvalue weighted by Crippen LogP contribution is 2.19. The summed E-state index contributed by atoms with van der Waals surface area (Å²) >= 11 is 0. The third-order valence-corrected chi connectivity index (χ3v) is 4.30. The van der Waals surface area contributed by atoms with E-state index >= 15 is 0 Å². The van der Waals surface area contributed by atoms with E-state index in [1.165, 1.54) is 0 Å². The maximum Gasteiger partial charge on any atom is 0.411 e. The molecule has 1 heterocycles. The van der Waals surface area contributed by atoms with Crippen LogP contribution in [0.4, 0.5) is 13.2 Å². The molecule has 32 heavy (non-hydrogen) atoms. The molecule has 0 fully saturated rings. The van der Waals surface area contributed by atoms with Crippen LogP contribution in [0.15, 0.2) is 70.2 Å². The van der Waals surface area contributed by atoms with Gasteiger partial charge in [-0.3, -0.25) is 4.99 Å². The summed E-state index contributed by atoms with van der Waals surface area (Å²) in [6, 6.07) is 18.7. The molecule has 2 aromatic carbocycles. The van der Waals surface area contributed by atoms with Crippen LogP contribution < -0.4 is 10.6 Å². The number of guanidine groups is 1. The predicted octanol–water partition coefficient (Wildman–Crippen LogP) is 4.90. The topological polar surface area (TPSA) is 71.7 Å². The first-order chi connectivity index (χ1) is 14.9. The molecule has 0 aliphatic heterocycles. The summed E-state index contributed by atoms with van der Waals surface area (Å²) in [7, 11) is 1.66. The number of aromatic nitrogens is 1. The Labute approximate surface area is 201 Å². The van der Waals surface area contributed by atoms with Crippen LogP contribution in [0.5, 0.6) is 0 Å². The number of alkyl halides is 3. The minimum absolute atomic E-state index is 0. The Kier molecular flexibility index (Phi) is 9.97. The normalized spacial score (nSPS) is 11.7. The van der Waals surface area contributed by atoms with Gasteiger partial charge in [-0.2, -0.15) is 13.2 Å². The van der Waals surface area contributed by atoms with Gasteiger partial charge in [0.25, 0.3) is 0 Å². The van der Waals surface area contributed by atoms with Gasteiger partial charge >= 0.3 is 6.18 Å². The minimum Gasteiger partial charge on any atom is -0.367 e. The summed E-state index contributed by atoms with van der Waals surface area (Å²) in [4.78, 5) is 4.17.